The summed E-state index contributed by atoms with van der Waals surface area (Å²) in [6, 6.07) is 5.63. The molecule has 0 saturated carbocycles. The van der Waals surface area contributed by atoms with E-state index < -0.39 is 0 Å². The van der Waals surface area contributed by atoms with E-state index in [1.165, 1.54) is 0 Å². The van der Waals surface area contributed by atoms with Crippen LogP contribution in [0.4, 0.5) is 0 Å². The number of amides is 1. The van der Waals surface area contributed by atoms with Crippen LogP contribution in [0, 0.1) is 0 Å². The molecule has 0 aliphatic carbocycles. The van der Waals surface area contributed by atoms with Crippen LogP contribution in [0.1, 0.15) is 5.56 Å². The molecule has 0 spiro atoms. The number of nitrogens with one attached hydrogen (secondary N) is 1. The van der Waals surface area contributed by atoms with Gasteiger partial charge in [-0.1, -0.05) is 6.07 Å². The lowest BCUT2D eigenvalue weighted by molar-refractivity contribution is -0.118. The Morgan fingerprint density at radius 3 is 3.00 bits per heavy atom. The van der Waals surface area contributed by atoms with Gasteiger partial charge in [0.2, 0.25) is 5.91 Å². The predicted molar refractivity (Wildman–Crippen MR) is 69.0 cm³/mol. The first-order valence-electron chi connectivity index (χ1n) is 5.47. The van der Waals surface area contributed by atoms with Crippen LogP contribution < -0.4 is 5.32 Å². The van der Waals surface area contributed by atoms with Crippen LogP contribution in [0.5, 0.6) is 0 Å². The molecular formula is C12H13ClN4O. The SMILES string of the molecule is Cn1cc(CNC(=O)CCl)c(-c2ccccn2)n1. The highest BCUT2D eigenvalue weighted by Gasteiger charge is 2.11. The minimum absolute atomic E-state index is 0.0425. The normalized spacial score (nSPS) is 10.3. The number of rotatable bonds is 4. The van der Waals surface area contributed by atoms with Gasteiger partial charge in [-0.15, -0.1) is 11.6 Å². The van der Waals surface area contributed by atoms with Crippen molar-refractivity contribution in [3.63, 3.8) is 0 Å². The lowest BCUT2D eigenvalue weighted by atomic mass is 10.2. The van der Waals surface area contributed by atoms with Crippen molar-refractivity contribution in [3.8, 4) is 11.4 Å². The number of alkyl halides is 1. The summed E-state index contributed by atoms with van der Waals surface area (Å²) in [5, 5.41) is 7.07. The van der Waals surface area contributed by atoms with Gasteiger partial charge in [0, 0.05) is 31.5 Å². The van der Waals surface area contributed by atoms with Gasteiger partial charge < -0.3 is 5.32 Å². The summed E-state index contributed by atoms with van der Waals surface area (Å²) in [6.07, 6.45) is 3.57. The van der Waals surface area contributed by atoms with E-state index in [4.69, 9.17) is 11.6 Å². The summed E-state index contributed by atoms with van der Waals surface area (Å²) in [6.45, 7) is 0.394. The molecule has 0 aliphatic heterocycles. The molecule has 0 aromatic carbocycles. The fourth-order valence-electron chi connectivity index (χ4n) is 1.63. The minimum Gasteiger partial charge on any atom is -0.351 e. The van der Waals surface area contributed by atoms with E-state index in [0.29, 0.717) is 6.54 Å². The molecule has 0 atom stereocenters. The number of hydrogen-bond acceptors (Lipinski definition) is 3. The molecule has 6 heteroatoms. The van der Waals surface area contributed by atoms with Crippen molar-refractivity contribution < 1.29 is 4.79 Å². The number of aryl methyl sites for hydroxylation is 1. The molecule has 18 heavy (non-hydrogen) atoms. The number of carbonyl (C=O) groups is 1. The maximum Gasteiger partial charge on any atom is 0.235 e. The first-order valence-corrected chi connectivity index (χ1v) is 6.00. The standard InChI is InChI=1S/C12H13ClN4O/c1-17-8-9(7-15-11(18)6-13)12(16-17)10-4-2-3-5-14-10/h2-5,8H,6-7H2,1H3,(H,15,18). The Hall–Kier alpha value is -1.88. The van der Waals surface area contributed by atoms with Gasteiger partial charge >= 0.3 is 0 Å². The van der Waals surface area contributed by atoms with E-state index in [1.807, 2.05) is 31.4 Å². The van der Waals surface area contributed by atoms with Crippen LogP contribution in [0.2, 0.25) is 0 Å². The van der Waals surface area contributed by atoms with Crippen LogP contribution in [-0.2, 0) is 18.4 Å². The highest BCUT2D eigenvalue weighted by molar-refractivity contribution is 6.27. The molecule has 0 bridgehead atoms. The van der Waals surface area contributed by atoms with Gasteiger partial charge in [0.05, 0.1) is 5.69 Å². The summed E-state index contributed by atoms with van der Waals surface area (Å²) >= 11 is 5.44. The zero-order valence-corrected chi connectivity index (χ0v) is 10.7. The van der Waals surface area contributed by atoms with Gasteiger partial charge in [0.25, 0.3) is 0 Å². The number of halogens is 1. The Labute approximate surface area is 110 Å². The van der Waals surface area contributed by atoms with Crippen molar-refractivity contribution in [2.45, 2.75) is 6.54 Å². The van der Waals surface area contributed by atoms with Crippen LogP contribution in [0.15, 0.2) is 30.6 Å². The first-order chi connectivity index (χ1) is 8.70. The van der Waals surface area contributed by atoms with E-state index in [2.05, 4.69) is 15.4 Å². The Morgan fingerprint density at radius 1 is 1.50 bits per heavy atom. The van der Waals surface area contributed by atoms with E-state index in [-0.39, 0.29) is 11.8 Å². The van der Waals surface area contributed by atoms with Gasteiger partial charge in [-0.3, -0.25) is 14.5 Å². The van der Waals surface area contributed by atoms with E-state index >= 15 is 0 Å². The van der Waals surface area contributed by atoms with Crippen LogP contribution >= 0.6 is 11.6 Å². The summed E-state index contributed by atoms with van der Waals surface area (Å²) in [7, 11) is 1.83. The Balaban J connectivity index is 2.23. The fourth-order valence-corrected chi connectivity index (χ4v) is 1.72. The monoisotopic (exact) mass is 264 g/mol. The molecule has 94 valence electrons. The Morgan fingerprint density at radius 2 is 2.33 bits per heavy atom. The van der Waals surface area contributed by atoms with Gasteiger partial charge in [0.1, 0.15) is 11.6 Å². The average Bonchev–Trinajstić information content (AvgIpc) is 2.78. The van der Waals surface area contributed by atoms with Crippen molar-refractivity contribution in [2.75, 3.05) is 5.88 Å². The molecular weight excluding hydrogens is 252 g/mol. The highest BCUT2D eigenvalue weighted by Crippen LogP contribution is 2.18. The van der Waals surface area contributed by atoms with Crippen LogP contribution in [-0.4, -0.2) is 26.6 Å². The van der Waals surface area contributed by atoms with E-state index in [1.54, 1.807) is 10.9 Å². The maximum atomic E-state index is 11.2. The van der Waals surface area contributed by atoms with Gasteiger partial charge in [0.15, 0.2) is 0 Å². The van der Waals surface area contributed by atoms with Gasteiger partial charge in [-0.25, -0.2) is 0 Å². The van der Waals surface area contributed by atoms with Gasteiger partial charge in [-0.2, -0.15) is 5.10 Å². The number of pyridine rings is 1. The molecule has 2 aromatic rings. The molecule has 2 aromatic heterocycles. The van der Waals surface area contributed by atoms with Crippen molar-refractivity contribution in [1.29, 1.82) is 0 Å². The fraction of sp³-hybridized carbons (Fsp3) is 0.250. The van der Waals surface area contributed by atoms with Crippen molar-refractivity contribution in [2.24, 2.45) is 7.05 Å². The molecule has 2 heterocycles. The minimum atomic E-state index is -0.201. The van der Waals surface area contributed by atoms with Crippen molar-refractivity contribution >= 4 is 17.5 Å². The summed E-state index contributed by atoms with van der Waals surface area (Å²) in [5.41, 5.74) is 2.47. The number of nitrogens with zero attached hydrogens (tertiary/aromatic N) is 3. The Bertz CT molecular complexity index is 538. The quantitative estimate of drug-likeness (QED) is 0.848. The molecule has 0 fully saturated rings. The van der Waals surface area contributed by atoms with Crippen molar-refractivity contribution in [1.82, 2.24) is 20.1 Å². The first kappa shape index (κ1) is 12.6. The summed E-state index contributed by atoms with van der Waals surface area (Å²) in [4.78, 5) is 15.4. The molecule has 0 aliphatic rings. The average molecular weight is 265 g/mol. The molecule has 0 radical (unpaired) electrons. The third-order valence-corrected chi connectivity index (χ3v) is 2.65. The summed E-state index contributed by atoms with van der Waals surface area (Å²) in [5.74, 6) is -0.244. The summed E-state index contributed by atoms with van der Waals surface area (Å²) < 4.78 is 1.70. The molecule has 5 nitrogen and oxygen atoms in total. The van der Waals surface area contributed by atoms with Crippen LogP contribution in [0.25, 0.3) is 11.4 Å². The van der Waals surface area contributed by atoms with Crippen LogP contribution in [0.3, 0.4) is 0 Å². The molecule has 2 rings (SSSR count). The number of aromatic nitrogens is 3. The second-order valence-corrected chi connectivity index (χ2v) is 4.07. The number of carbonyl (C=O) groups excluding carboxylic acids is 1. The predicted octanol–water partition coefficient (Wildman–Crippen LogP) is 1.34. The highest BCUT2D eigenvalue weighted by atomic mass is 35.5. The second kappa shape index (κ2) is 5.64. The lowest BCUT2D eigenvalue weighted by Gasteiger charge is -2.03. The third kappa shape index (κ3) is 2.87. The number of hydrogen-bond donors (Lipinski definition) is 1. The lowest BCUT2D eigenvalue weighted by Crippen LogP contribution is -2.23. The van der Waals surface area contributed by atoms with E-state index in [0.717, 1.165) is 17.0 Å². The van der Waals surface area contributed by atoms with E-state index in [9.17, 15) is 4.79 Å². The van der Waals surface area contributed by atoms with Gasteiger partial charge in [-0.05, 0) is 12.1 Å². The zero-order chi connectivity index (χ0) is 13.0. The molecule has 1 N–H and O–H groups in total. The molecule has 0 saturated heterocycles. The smallest absolute Gasteiger partial charge is 0.235 e. The molecule has 1 amide bonds. The zero-order valence-electron chi connectivity index (χ0n) is 9.93. The Kier molecular flexibility index (Phi) is 3.94. The third-order valence-electron chi connectivity index (χ3n) is 2.41. The van der Waals surface area contributed by atoms with Crippen molar-refractivity contribution in [3.05, 3.63) is 36.2 Å². The second-order valence-electron chi connectivity index (χ2n) is 3.80. The maximum absolute atomic E-state index is 11.2. The molecule has 0 unspecified atom stereocenters. The largest absolute Gasteiger partial charge is 0.351 e. The topological polar surface area (TPSA) is 59.8 Å².